The molecule has 0 bridgehead atoms. The van der Waals surface area contributed by atoms with Crippen LogP contribution in [0.2, 0.25) is 0 Å². The van der Waals surface area contributed by atoms with Crippen molar-refractivity contribution in [3.05, 3.63) is 60.3 Å². The quantitative estimate of drug-likeness (QED) is 0.341. The summed E-state index contributed by atoms with van der Waals surface area (Å²) >= 11 is 6.09. The lowest BCUT2D eigenvalue weighted by Gasteiger charge is -2.17. The number of rotatable bonds is 4. The van der Waals surface area contributed by atoms with Crippen molar-refractivity contribution < 1.29 is 4.39 Å². The van der Waals surface area contributed by atoms with Crippen molar-refractivity contribution in [2.75, 3.05) is 10.6 Å². The van der Waals surface area contributed by atoms with Gasteiger partial charge in [0.1, 0.15) is 5.50 Å². The van der Waals surface area contributed by atoms with Gasteiger partial charge < -0.3 is 15.6 Å². The molecule has 2 atom stereocenters. The molecule has 2 aromatic heterocycles. The van der Waals surface area contributed by atoms with Gasteiger partial charge in [-0.1, -0.05) is 41.9 Å². The maximum atomic E-state index is 14.2. The second-order valence-corrected chi connectivity index (χ2v) is 6.56. The molecule has 0 saturated carbocycles. The van der Waals surface area contributed by atoms with Crippen molar-refractivity contribution in [2.45, 2.75) is 18.5 Å². The van der Waals surface area contributed by atoms with Gasteiger partial charge >= 0.3 is 0 Å². The number of aliphatic imine (C=N–C) groups is 1. The van der Waals surface area contributed by atoms with Crippen LogP contribution in [-0.4, -0.2) is 21.7 Å². The predicted octanol–water partition coefficient (Wildman–Crippen LogP) is 5.08. The van der Waals surface area contributed by atoms with E-state index in [1.165, 1.54) is 6.20 Å². The van der Waals surface area contributed by atoms with E-state index in [9.17, 15) is 4.39 Å². The van der Waals surface area contributed by atoms with Gasteiger partial charge in [-0.3, -0.25) is 0 Å². The van der Waals surface area contributed by atoms with Crippen LogP contribution in [0.15, 0.2) is 53.8 Å². The molecule has 0 fully saturated rings. The van der Waals surface area contributed by atoms with E-state index in [0.29, 0.717) is 11.5 Å². The van der Waals surface area contributed by atoms with E-state index in [1.54, 1.807) is 12.3 Å². The lowest BCUT2D eigenvalue weighted by Crippen LogP contribution is -2.16. The average Bonchev–Trinajstić information content (AvgIpc) is 3.07. The first-order valence-corrected chi connectivity index (χ1v) is 8.69. The van der Waals surface area contributed by atoms with Gasteiger partial charge in [-0.2, -0.15) is 4.39 Å². The zero-order valence-corrected chi connectivity index (χ0v) is 14.8. The van der Waals surface area contributed by atoms with Crippen LogP contribution in [0.25, 0.3) is 11.1 Å². The highest BCUT2D eigenvalue weighted by molar-refractivity contribution is 6.30. The molecule has 1 aliphatic rings. The Balaban J connectivity index is 1.65. The maximum absolute atomic E-state index is 14.2. The summed E-state index contributed by atoms with van der Waals surface area (Å²) in [6.07, 6.45) is 4.92. The molecule has 0 radical (unpaired) electrons. The van der Waals surface area contributed by atoms with Crippen molar-refractivity contribution in [1.82, 2.24) is 9.97 Å². The number of hydrogen-bond donors (Lipinski definition) is 3. The van der Waals surface area contributed by atoms with E-state index in [0.717, 1.165) is 22.4 Å². The number of hydrogen-bond acceptors (Lipinski definition) is 4. The number of aromatic nitrogens is 2. The second kappa shape index (κ2) is 6.80. The normalized spacial score (nSPS) is 16.7. The molecule has 0 spiro atoms. The SMILES string of the molecule is C[C@H](Nc1cc(-c2c[nH]c3c2NC(Cl)C=N3)cnc1F)c1ccccc1. The molecule has 3 N–H and O–H groups in total. The van der Waals surface area contributed by atoms with Gasteiger partial charge in [0.15, 0.2) is 5.82 Å². The van der Waals surface area contributed by atoms with Gasteiger partial charge in [-0.05, 0) is 18.6 Å². The molecule has 0 saturated heterocycles. The van der Waals surface area contributed by atoms with Crippen molar-refractivity contribution in [1.29, 1.82) is 0 Å². The van der Waals surface area contributed by atoms with E-state index in [1.807, 2.05) is 43.5 Å². The number of H-pyrrole nitrogens is 1. The Morgan fingerprint density at radius 2 is 2.08 bits per heavy atom. The van der Waals surface area contributed by atoms with E-state index >= 15 is 0 Å². The largest absolute Gasteiger partial charge is 0.375 e. The summed E-state index contributed by atoms with van der Waals surface area (Å²) in [4.78, 5) is 11.3. The molecule has 0 aliphatic carbocycles. The van der Waals surface area contributed by atoms with E-state index in [2.05, 4.69) is 25.6 Å². The number of benzene rings is 1. The van der Waals surface area contributed by atoms with E-state index < -0.39 is 5.95 Å². The van der Waals surface area contributed by atoms with Gasteiger partial charge in [-0.25, -0.2) is 9.98 Å². The van der Waals surface area contributed by atoms with Gasteiger partial charge in [0, 0.05) is 35.8 Å². The highest BCUT2D eigenvalue weighted by Gasteiger charge is 2.20. The summed E-state index contributed by atoms with van der Waals surface area (Å²) < 4.78 is 14.2. The van der Waals surface area contributed by atoms with Crippen LogP contribution in [0.4, 0.5) is 21.6 Å². The molecule has 3 aromatic rings. The fourth-order valence-corrected chi connectivity index (χ4v) is 3.12. The second-order valence-electron chi connectivity index (χ2n) is 6.09. The number of pyridine rings is 1. The van der Waals surface area contributed by atoms with Crippen molar-refractivity contribution >= 4 is 35.0 Å². The zero-order valence-electron chi connectivity index (χ0n) is 14.0. The number of nitrogens with zero attached hydrogens (tertiary/aromatic N) is 2. The topological polar surface area (TPSA) is 65.1 Å². The Hall–Kier alpha value is -2.86. The first-order valence-electron chi connectivity index (χ1n) is 8.25. The average molecular weight is 370 g/mol. The fraction of sp³-hybridized carbons (Fsp3) is 0.158. The Kier molecular flexibility index (Phi) is 4.34. The number of anilines is 2. The number of nitrogens with one attached hydrogen (secondary N) is 3. The number of fused-ring (bicyclic) bond motifs is 1. The van der Waals surface area contributed by atoms with Crippen molar-refractivity contribution in [3.63, 3.8) is 0 Å². The van der Waals surface area contributed by atoms with Crippen LogP contribution in [0.1, 0.15) is 18.5 Å². The molecule has 1 unspecified atom stereocenters. The van der Waals surface area contributed by atoms with Crippen LogP contribution in [-0.2, 0) is 0 Å². The Morgan fingerprint density at radius 3 is 2.88 bits per heavy atom. The Morgan fingerprint density at radius 1 is 1.27 bits per heavy atom. The van der Waals surface area contributed by atoms with Gasteiger partial charge in [-0.15, -0.1) is 0 Å². The summed E-state index contributed by atoms with van der Waals surface area (Å²) in [5.41, 5.74) is 3.41. The summed E-state index contributed by atoms with van der Waals surface area (Å²) in [6.45, 7) is 1.98. The van der Waals surface area contributed by atoms with E-state index in [4.69, 9.17) is 11.6 Å². The first kappa shape index (κ1) is 16.6. The maximum Gasteiger partial charge on any atom is 0.236 e. The molecule has 0 amide bonds. The van der Waals surface area contributed by atoms with Gasteiger partial charge in [0.25, 0.3) is 0 Å². The van der Waals surface area contributed by atoms with Crippen LogP contribution >= 0.6 is 11.6 Å². The smallest absolute Gasteiger partial charge is 0.236 e. The monoisotopic (exact) mass is 369 g/mol. The summed E-state index contributed by atoms with van der Waals surface area (Å²) in [5.74, 6) is 0.149. The number of alkyl halides is 1. The molecule has 132 valence electrons. The molecule has 3 heterocycles. The van der Waals surface area contributed by atoms with Gasteiger partial charge in [0.05, 0.1) is 11.4 Å². The third-order valence-electron chi connectivity index (χ3n) is 4.30. The zero-order chi connectivity index (χ0) is 18.1. The Bertz CT molecular complexity index is 954. The molecule has 26 heavy (non-hydrogen) atoms. The summed E-state index contributed by atoms with van der Waals surface area (Å²) in [7, 11) is 0. The molecule has 5 nitrogen and oxygen atoms in total. The number of halogens is 2. The van der Waals surface area contributed by atoms with Crippen LogP contribution in [0.3, 0.4) is 0 Å². The third kappa shape index (κ3) is 3.15. The van der Waals surface area contributed by atoms with Crippen LogP contribution < -0.4 is 10.6 Å². The highest BCUT2D eigenvalue weighted by atomic mass is 35.5. The lowest BCUT2D eigenvalue weighted by atomic mass is 10.1. The minimum atomic E-state index is -0.540. The number of aromatic amines is 1. The molecule has 7 heteroatoms. The standard InChI is InChI=1S/C19H17ClFN5/c1-11(12-5-3-2-4-6-12)25-15-7-13(8-22-18(15)21)14-9-23-19-17(14)26-16(20)10-24-19/h2-11,16,23,25-26H,1H3/t11-,16?/m0/s1. The minimum Gasteiger partial charge on any atom is -0.375 e. The van der Waals surface area contributed by atoms with Crippen molar-refractivity contribution in [2.24, 2.45) is 4.99 Å². The van der Waals surface area contributed by atoms with Crippen molar-refractivity contribution in [3.8, 4) is 11.1 Å². The van der Waals surface area contributed by atoms with Crippen LogP contribution in [0.5, 0.6) is 0 Å². The molecular formula is C19H17ClFN5. The predicted molar refractivity (Wildman–Crippen MR) is 104 cm³/mol. The summed E-state index contributed by atoms with van der Waals surface area (Å²) in [5, 5.41) is 6.34. The first-order chi connectivity index (χ1) is 12.6. The third-order valence-corrected chi connectivity index (χ3v) is 4.52. The van der Waals surface area contributed by atoms with E-state index in [-0.39, 0.29) is 11.5 Å². The fourth-order valence-electron chi connectivity index (χ4n) is 2.96. The molecular weight excluding hydrogens is 353 g/mol. The molecule has 1 aliphatic heterocycles. The molecule has 1 aromatic carbocycles. The highest BCUT2D eigenvalue weighted by Crippen LogP contribution is 2.39. The minimum absolute atomic E-state index is 0.0576. The Labute approximate surface area is 155 Å². The summed E-state index contributed by atoms with van der Waals surface area (Å²) in [6, 6.07) is 11.6. The molecule has 4 rings (SSSR count). The lowest BCUT2D eigenvalue weighted by molar-refractivity contribution is 0.585. The van der Waals surface area contributed by atoms with Crippen LogP contribution in [0, 0.1) is 5.95 Å². The van der Waals surface area contributed by atoms with Gasteiger partial charge in [0.2, 0.25) is 5.95 Å².